The number of carboxylic acids is 1. The van der Waals surface area contributed by atoms with Crippen molar-refractivity contribution in [1.29, 1.82) is 0 Å². The third-order valence-electron chi connectivity index (χ3n) is 2.52. The summed E-state index contributed by atoms with van der Waals surface area (Å²) in [5.74, 6) is -2.94. The topological polar surface area (TPSA) is 148 Å². The number of carbonyl (C=O) groups excluding carboxylic acids is 3. The minimum Gasteiger partial charge on any atom is -0.480 e. The van der Waals surface area contributed by atoms with Gasteiger partial charge in [0.2, 0.25) is 11.8 Å². The molecule has 0 aliphatic carbocycles. The molecule has 0 aromatic rings. The second-order valence-corrected chi connectivity index (χ2v) is 4.68. The first kappa shape index (κ1) is 20.2. The Labute approximate surface area is 133 Å². The molecule has 0 fully saturated rings. The van der Waals surface area contributed by atoms with Crippen LogP contribution in [0.15, 0.2) is 0 Å². The fourth-order valence-corrected chi connectivity index (χ4v) is 1.66. The number of aliphatic carboxylic acids is 1. The van der Waals surface area contributed by atoms with Gasteiger partial charge in [-0.1, -0.05) is 0 Å². The molecule has 5 N–H and O–H groups in total. The van der Waals surface area contributed by atoms with E-state index in [1.54, 1.807) is 6.92 Å². The normalized spacial score (nSPS) is 12.9. The summed E-state index contributed by atoms with van der Waals surface area (Å²) in [6.45, 7) is 1.29. The van der Waals surface area contributed by atoms with E-state index in [2.05, 4.69) is 23.3 Å². The minimum absolute atomic E-state index is 0.00111. The Morgan fingerprint density at radius 1 is 1.32 bits per heavy atom. The second kappa shape index (κ2) is 10.9. The van der Waals surface area contributed by atoms with Gasteiger partial charge in [0.15, 0.2) is 0 Å². The van der Waals surface area contributed by atoms with Crippen molar-refractivity contribution < 1.29 is 29.0 Å². The molecule has 2 atom stereocenters. The number of hydrogen-bond acceptors (Lipinski definition) is 7. The van der Waals surface area contributed by atoms with Crippen LogP contribution in [0.5, 0.6) is 0 Å². The molecular weight excluding hydrogens is 314 g/mol. The van der Waals surface area contributed by atoms with Gasteiger partial charge in [-0.25, -0.2) is 0 Å². The van der Waals surface area contributed by atoms with Crippen LogP contribution in [0.25, 0.3) is 0 Å². The molecule has 0 spiro atoms. The molecule has 0 aliphatic rings. The molecule has 10 heteroatoms. The molecule has 9 nitrogen and oxygen atoms in total. The summed E-state index contributed by atoms with van der Waals surface area (Å²) in [5, 5.41) is 13.0. The number of amides is 2. The van der Waals surface area contributed by atoms with E-state index < -0.39 is 42.4 Å². The predicted octanol–water partition coefficient (Wildman–Crippen LogP) is -1.73. The van der Waals surface area contributed by atoms with Crippen molar-refractivity contribution in [3.05, 3.63) is 0 Å². The number of carbonyl (C=O) groups is 4. The Balaban J connectivity index is 4.23. The summed E-state index contributed by atoms with van der Waals surface area (Å²) >= 11 is 3.92. The first-order valence-corrected chi connectivity index (χ1v) is 7.27. The van der Waals surface area contributed by atoms with Gasteiger partial charge < -0.3 is 26.2 Å². The highest BCUT2D eigenvalue weighted by Gasteiger charge is 2.21. The van der Waals surface area contributed by atoms with Crippen molar-refractivity contribution in [2.45, 2.75) is 31.8 Å². The van der Waals surface area contributed by atoms with Crippen LogP contribution in [0.2, 0.25) is 0 Å². The van der Waals surface area contributed by atoms with Gasteiger partial charge in [-0.15, -0.1) is 0 Å². The molecule has 0 bridgehead atoms. The Morgan fingerprint density at radius 2 is 1.95 bits per heavy atom. The number of hydrogen-bond donors (Lipinski definition) is 5. The van der Waals surface area contributed by atoms with Crippen LogP contribution in [0.3, 0.4) is 0 Å². The number of ether oxygens (including phenoxy) is 1. The van der Waals surface area contributed by atoms with Gasteiger partial charge in [-0.2, -0.15) is 12.6 Å². The van der Waals surface area contributed by atoms with Crippen LogP contribution in [0, 0.1) is 0 Å². The summed E-state index contributed by atoms with van der Waals surface area (Å²) in [5.41, 5.74) is 5.54. The van der Waals surface area contributed by atoms with Crippen LogP contribution in [-0.2, 0) is 23.9 Å². The van der Waals surface area contributed by atoms with Gasteiger partial charge in [0.25, 0.3) is 0 Å². The Bertz CT molecular complexity index is 418. The SMILES string of the molecule is CCOC(=O)C(N)CCC(=O)NC(CS)C(=O)NCC(=O)O. The average Bonchev–Trinajstić information content (AvgIpc) is 2.47. The first-order chi connectivity index (χ1) is 10.3. The third kappa shape index (κ3) is 8.47. The molecule has 0 radical (unpaired) electrons. The smallest absolute Gasteiger partial charge is 0.322 e. The van der Waals surface area contributed by atoms with Crippen molar-refractivity contribution in [2.75, 3.05) is 18.9 Å². The molecule has 0 heterocycles. The molecule has 22 heavy (non-hydrogen) atoms. The zero-order chi connectivity index (χ0) is 17.1. The number of nitrogens with two attached hydrogens (primary N) is 1. The average molecular weight is 335 g/mol. The van der Waals surface area contributed by atoms with E-state index in [4.69, 9.17) is 15.6 Å². The number of thiol groups is 1. The minimum atomic E-state index is -1.20. The van der Waals surface area contributed by atoms with E-state index in [-0.39, 0.29) is 25.2 Å². The summed E-state index contributed by atoms with van der Waals surface area (Å²) in [7, 11) is 0. The summed E-state index contributed by atoms with van der Waals surface area (Å²) in [4.78, 5) is 44.9. The van der Waals surface area contributed by atoms with E-state index in [0.717, 1.165) is 0 Å². The maximum absolute atomic E-state index is 11.7. The monoisotopic (exact) mass is 335 g/mol. The van der Waals surface area contributed by atoms with E-state index in [9.17, 15) is 19.2 Å². The maximum atomic E-state index is 11.7. The zero-order valence-electron chi connectivity index (χ0n) is 12.2. The van der Waals surface area contributed by atoms with Crippen LogP contribution >= 0.6 is 12.6 Å². The van der Waals surface area contributed by atoms with Crippen LogP contribution in [-0.4, -0.2) is 59.8 Å². The molecule has 126 valence electrons. The highest BCUT2D eigenvalue weighted by molar-refractivity contribution is 7.80. The van der Waals surface area contributed by atoms with Crippen molar-refractivity contribution in [1.82, 2.24) is 10.6 Å². The number of carboxylic acid groups (broad SMARTS) is 1. The molecule has 0 aromatic heterocycles. The molecule has 0 saturated carbocycles. The lowest BCUT2D eigenvalue weighted by atomic mass is 10.1. The second-order valence-electron chi connectivity index (χ2n) is 4.31. The number of nitrogens with one attached hydrogen (secondary N) is 2. The van der Waals surface area contributed by atoms with Crippen LogP contribution in [0.4, 0.5) is 0 Å². The van der Waals surface area contributed by atoms with E-state index in [1.165, 1.54) is 0 Å². The quantitative estimate of drug-likeness (QED) is 0.235. The molecule has 0 rings (SSSR count). The highest BCUT2D eigenvalue weighted by Crippen LogP contribution is 1.99. The van der Waals surface area contributed by atoms with Gasteiger partial charge in [0.05, 0.1) is 6.61 Å². The summed E-state index contributed by atoms with van der Waals surface area (Å²) in [6, 6.07) is -1.88. The van der Waals surface area contributed by atoms with E-state index in [0.29, 0.717) is 0 Å². The largest absolute Gasteiger partial charge is 0.480 e. The lowest BCUT2D eigenvalue weighted by Gasteiger charge is -2.16. The Hall–Kier alpha value is -1.81. The standard InChI is InChI=1S/C12H21N3O6S/c1-2-21-12(20)7(13)3-4-9(16)15-8(6-22)11(19)14-5-10(17)18/h7-8,22H,2-6,13H2,1H3,(H,14,19)(H,15,16)(H,17,18). The zero-order valence-corrected chi connectivity index (χ0v) is 13.1. The van der Waals surface area contributed by atoms with Gasteiger partial charge in [0, 0.05) is 12.2 Å². The van der Waals surface area contributed by atoms with Gasteiger partial charge in [0.1, 0.15) is 18.6 Å². The lowest BCUT2D eigenvalue weighted by Crippen LogP contribution is -2.49. The lowest BCUT2D eigenvalue weighted by molar-refractivity contribution is -0.145. The molecule has 2 amide bonds. The van der Waals surface area contributed by atoms with Crippen molar-refractivity contribution in [3.63, 3.8) is 0 Å². The Kier molecular flexibility index (Phi) is 9.96. The summed E-state index contributed by atoms with van der Waals surface area (Å²) in [6.07, 6.45) is -0.00281. The molecule has 2 unspecified atom stereocenters. The van der Waals surface area contributed by atoms with Crippen molar-refractivity contribution >= 4 is 36.4 Å². The first-order valence-electron chi connectivity index (χ1n) is 6.63. The number of rotatable bonds is 10. The molecule has 0 aliphatic heterocycles. The predicted molar refractivity (Wildman–Crippen MR) is 80.3 cm³/mol. The van der Waals surface area contributed by atoms with E-state index >= 15 is 0 Å². The van der Waals surface area contributed by atoms with Gasteiger partial charge in [-0.05, 0) is 13.3 Å². The molecular formula is C12H21N3O6S. The third-order valence-corrected chi connectivity index (χ3v) is 2.89. The van der Waals surface area contributed by atoms with E-state index in [1.807, 2.05) is 0 Å². The molecule has 0 aromatic carbocycles. The van der Waals surface area contributed by atoms with Crippen LogP contribution < -0.4 is 16.4 Å². The maximum Gasteiger partial charge on any atom is 0.322 e. The van der Waals surface area contributed by atoms with Gasteiger partial charge in [-0.3, -0.25) is 19.2 Å². The molecule has 0 saturated heterocycles. The number of esters is 1. The van der Waals surface area contributed by atoms with Gasteiger partial charge >= 0.3 is 11.9 Å². The fraction of sp³-hybridized carbons (Fsp3) is 0.667. The Morgan fingerprint density at radius 3 is 2.45 bits per heavy atom. The van der Waals surface area contributed by atoms with Crippen LogP contribution in [0.1, 0.15) is 19.8 Å². The van der Waals surface area contributed by atoms with Crippen molar-refractivity contribution in [3.8, 4) is 0 Å². The highest BCUT2D eigenvalue weighted by atomic mass is 32.1. The summed E-state index contributed by atoms with van der Waals surface area (Å²) < 4.78 is 4.70. The fourth-order valence-electron chi connectivity index (χ4n) is 1.40. The van der Waals surface area contributed by atoms with Crippen molar-refractivity contribution in [2.24, 2.45) is 5.73 Å².